The molecule has 1 aliphatic carbocycles. The van der Waals surface area contributed by atoms with Gasteiger partial charge in [-0.15, -0.1) is 0 Å². The molecule has 0 saturated carbocycles. The Morgan fingerprint density at radius 3 is 2.75 bits per heavy atom. The van der Waals surface area contributed by atoms with Gasteiger partial charge in [0.15, 0.2) is 0 Å². The van der Waals surface area contributed by atoms with Crippen LogP contribution in [0.15, 0.2) is 24.3 Å². The Labute approximate surface area is 96.0 Å². The number of aliphatic hydroxyl groups excluding tert-OH is 1. The van der Waals surface area contributed by atoms with E-state index >= 15 is 0 Å². The van der Waals surface area contributed by atoms with Crippen molar-refractivity contribution in [2.75, 3.05) is 12.0 Å². The lowest BCUT2D eigenvalue weighted by Gasteiger charge is -2.31. The third-order valence-electron chi connectivity index (χ3n) is 3.01. The smallest absolute Gasteiger partial charge is 0.149 e. The van der Waals surface area contributed by atoms with Crippen LogP contribution >= 0.6 is 0 Å². The molecule has 0 fully saturated rings. The fraction of sp³-hybridized carbons (Fsp3) is 0.500. The third kappa shape index (κ3) is 2.62. The number of benzene rings is 1. The Balaban J connectivity index is 1.94. The standard InChI is InChI=1S/C12H16O3S/c1-16(14,15)8-11(13)7-10-6-9-4-2-3-5-12(9)10/h2-5,10-11,13H,6-8H2,1H3. The molecule has 0 heterocycles. The van der Waals surface area contributed by atoms with E-state index in [4.69, 9.17) is 0 Å². The van der Waals surface area contributed by atoms with Gasteiger partial charge < -0.3 is 5.11 Å². The van der Waals surface area contributed by atoms with Crippen LogP contribution < -0.4 is 0 Å². The SMILES string of the molecule is CS(=O)(=O)CC(O)CC1Cc2ccccc21. The molecule has 1 aromatic rings. The van der Waals surface area contributed by atoms with Gasteiger partial charge in [-0.05, 0) is 29.9 Å². The van der Waals surface area contributed by atoms with Crippen molar-refractivity contribution in [1.82, 2.24) is 0 Å². The lowest BCUT2D eigenvalue weighted by Crippen LogP contribution is -2.27. The van der Waals surface area contributed by atoms with Crippen molar-refractivity contribution >= 4 is 9.84 Å². The molecule has 16 heavy (non-hydrogen) atoms. The second-order valence-electron chi connectivity index (χ2n) is 4.58. The molecule has 2 unspecified atom stereocenters. The average molecular weight is 240 g/mol. The van der Waals surface area contributed by atoms with Crippen molar-refractivity contribution in [3.05, 3.63) is 35.4 Å². The summed E-state index contributed by atoms with van der Waals surface area (Å²) in [6, 6.07) is 8.11. The number of hydrogen-bond acceptors (Lipinski definition) is 3. The van der Waals surface area contributed by atoms with Crippen LogP contribution in [-0.2, 0) is 16.3 Å². The van der Waals surface area contributed by atoms with Crippen LogP contribution in [0.2, 0.25) is 0 Å². The van der Waals surface area contributed by atoms with Gasteiger partial charge in [-0.2, -0.15) is 0 Å². The predicted molar refractivity (Wildman–Crippen MR) is 63.2 cm³/mol. The second-order valence-corrected chi connectivity index (χ2v) is 6.77. The number of hydrogen-bond donors (Lipinski definition) is 1. The summed E-state index contributed by atoms with van der Waals surface area (Å²) in [5, 5.41) is 9.67. The van der Waals surface area contributed by atoms with Gasteiger partial charge in [-0.25, -0.2) is 8.42 Å². The van der Waals surface area contributed by atoms with Crippen molar-refractivity contribution < 1.29 is 13.5 Å². The number of sulfone groups is 1. The summed E-state index contributed by atoms with van der Waals surface area (Å²) in [5.74, 6) is 0.194. The first kappa shape index (κ1) is 11.6. The van der Waals surface area contributed by atoms with Gasteiger partial charge in [0.25, 0.3) is 0 Å². The van der Waals surface area contributed by atoms with Gasteiger partial charge >= 0.3 is 0 Å². The summed E-state index contributed by atoms with van der Waals surface area (Å²) < 4.78 is 22.0. The first-order valence-electron chi connectivity index (χ1n) is 5.39. The molecule has 1 aliphatic rings. The summed E-state index contributed by atoms with van der Waals surface area (Å²) in [5.41, 5.74) is 2.58. The molecule has 2 rings (SSSR count). The van der Waals surface area contributed by atoms with Crippen molar-refractivity contribution in [3.8, 4) is 0 Å². The van der Waals surface area contributed by atoms with Crippen LogP contribution in [-0.4, -0.2) is 31.6 Å². The van der Waals surface area contributed by atoms with Crippen molar-refractivity contribution in [2.45, 2.75) is 24.9 Å². The Kier molecular flexibility index (Phi) is 3.04. The minimum absolute atomic E-state index is 0.133. The summed E-state index contributed by atoms with van der Waals surface area (Å²) in [6.07, 6.45) is 1.92. The average Bonchev–Trinajstić information content (AvgIpc) is 2.11. The summed E-state index contributed by atoms with van der Waals surface area (Å²) in [6.45, 7) is 0. The summed E-state index contributed by atoms with van der Waals surface area (Å²) >= 11 is 0. The van der Waals surface area contributed by atoms with Crippen molar-refractivity contribution in [2.24, 2.45) is 0 Å². The highest BCUT2D eigenvalue weighted by Crippen LogP contribution is 2.37. The number of rotatable bonds is 4. The fourth-order valence-corrected chi connectivity index (χ4v) is 3.15. The zero-order chi connectivity index (χ0) is 11.8. The van der Waals surface area contributed by atoms with Gasteiger partial charge in [0, 0.05) is 6.26 Å². The van der Waals surface area contributed by atoms with E-state index in [1.165, 1.54) is 11.1 Å². The Morgan fingerprint density at radius 1 is 1.44 bits per heavy atom. The quantitative estimate of drug-likeness (QED) is 0.858. The topological polar surface area (TPSA) is 54.4 Å². The van der Waals surface area contributed by atoms with E-state index in [0.717, 1.165) is 12.7 Å². The molecule has 0 bridgehead atoms. The molecule has 88 valence electrons. The van der Waals surface area contributed by atoms with Gasteiger partial charge in [-0.1, -0.05) is 24.3 Å². The number of fused-ring (bicyclic) bond motifs is 1. The van der Waals surface area contributed by atoms with E-state index in [1.807, 2.05) is 12.1 Å². The zero-order valence-electron chi connectivity index (χ0n) is 9.26. The molecule has 0 radical (unpaired) electrons. The second kappa shape index (κ2) is 4.18. The summed E-state index contributed by atoms with van der Waals surface area (Å²) in [4.78, 5) is 0. The highest BCUT2D eigenvalue weighted by molar-refractivity contribution is 7.90. The van der Waals surface area contributed by atoms with Gasteiger partial charge in [0.1, 0.15) is 9.84 Å². The minimum Gasteiger partial charge on any atom is -0.392 e. The molecule has 0 aliphatic heterocycles. The Morgan fingerprint density at radius 2 is 2.12 bits per heavy atom. The van der Waals surface area contributed by atoms with Crippen molar-refractivity contribution in [3.63, 3.8) is 0 Å². The molecule has 0 saturated heterocycles. The molecule has 4 heteroatoms. The highest BCUT2D eigenvalue weighted by Gasteiger charge is 2.28. The molecule has 1 aromatic carbocycles. The molecule has 2 atom stereocenters. The van der Waals surface area contributed by atoms with Gasteiger partial charge in [-0.3, -0.25) is 0 Å². The fourth-order valence-electron chi connectivity index (χ4n) is 2.32. The maximum absolute atomic E-state index is 11.0. The maximum atomic E-state index is 11.0. The van der Waals surface area contributed by atoms with Crippen LogP contribution in [0.4, 0.5) is 0 Å². The monoisotopic (exact) mass is 240 g/mol. The lowest BCUT2D eigenvalue weighted by molar-refractivity contribution is 0.173. The molecular formula is C12H16O3S. The molecule has 1 N–H and O–H groups in total. The van der Waals surface area contributed by atoms with Crippen LogP contribution in [0, 0.1) is 0 Å². The predicted octanol–water partition coefficient (Wildman–Crippen LogP) is 1.12. The summed E-state index contributed by atoms with van der Waals surface area (Å²) in [7, 11) is -3.08. The van der Waals surface area contributed by atoms with Crippen LogP contribution in [0.25, 0.3) is 0 Å². The Hall–Kier alpha value is -0.870. The minimum atomic E-state index is -3.08. The molecule has 0 aromatic heterocycles. The van der Waals surface area contributed by atoms with Gasteiger partial charge in [0.05, 0.1) is 11.9 Å². The molecule has 0 spiro atoms. The molecular weight excluding hydrogens is 224 g/mol. The molecule has 3 nitrogen and oxygen atoms in total. The van der Waals surface area contributed by atoms with E-state index in [0.29, 0.717) is 12.3 Å². The molecule has 0 amide bonds. The first-order valence-corrected chi connectivity index (χ1v) is 7.45. The van der Waals surface area contributed by atoms with Crippen LogP contribution in [0.1, 0.15) is 23.5 Å². The largest absolute Gasteiger partial charge is 0.392 e. The van der Waals surface area contributed by atoms with E-state index in [1.54, 1.807) is 0 Å². The lowest BCUT2D eigenvalue weighted by atomic mass is 9.75. The van der Waals surface area contributed by atoms with E-state index in [-0.39, 0.29) is 5.75 Å². The third-order valence-corrected chi connectivity index (χ3v) is 4.00. The van der Waals surface area contributed by atoms with E-state index in [9.17, 15) is 13.5 Å². The van der Waals surface area contributed by atoms with E-state index in [2.05, 4.69) is 12.1 Å². The normalized spacial score (nSPS) is 21.0. The van der Waals surface area contributed by atoms with E-state index < -0.39 is 15.9 Å². The first-order chi connectivity index (χ1) is 7.46. The van der Waals surface area contributed by atoms with Crippen LogP contribution in [0.3, 0.4) is 0 Å². The van der Waals surface area contributed by atoms with Crippen LogP contribution in [0.5, 0.6) is 0 Å². The Bertz CT molecular complexity index is 479. The van der Waals surface area contributed by atoms with Gasteiger partial charge in [0.2, 0.25) is 0 Å². The number of aliphatic hydroxyl groups is 1. The zero-order valence-corrected chi connectivity index (χ0v) is 10.1. The highest BCUT2D eigenvalue weighted by atomic mass is 32.2. The van der Waals surface area contributed by atoms with Crippen molar-refractivity contribution in [1.29, 1.82) is 0 Å². The maximum Gasteiger partial charge on any atom is 0.149 e.